The second kappa shape index (κ2) is 3.45. The summed E-state index contributed by atoms with van der Waals surface area (Å²) in [5, 5.41) is 8.39. The minimum absolute atomic E-state index is 0. The zero-order valence-electron chi connectivity index (χ0n) is 4.90. The quantitative estimate of drug-likeness (QED) is 0.525. The number of carbonyl (C=O) groups is 1. The van der Waals surface area contributed by atoms with Crippen molar-refractivity contribution in [1.82, 2.24) is 9.55 Å². The average Bonchev–Trinajstić information content (AvgIpc) is 2.13. The number of aromatic nitrogens is 2. The molecule has 4 nitrogen and oxygen atoms in total. The van der Waals surface area contributed by atoms with E-state index in [2.05, 4.69) is 4.98 Å². The molecule has 0 bridgehead atoms. The Balaban J connectivity index is 0.000000810. The summed E-state index contributed by atoms with van der Waals surface area (Å²) < 4.78 is 1.45. The molecule has 1 aromatic heterocycles. The fourth-order valence-corrected chi connectivity index (χ4v) is 0.563. The van der Waals surface area contributed by atoms with Gasteiger partial charge >= 0.3 is 24.8 Å². The maximum atomic E-state index is 10.2. The van der Waals surface area contributed by atoms with Gasteiger partial charge in [0.15, 0.2) is 0 Å². The van der Waals surface area contributed by atoms with E-state index in [-0.39, 0.29) is 24.6 Å². The van der Waals surface area contributed by atoms with Crippen molar-refractivity contribution in [2.24, 2.45) is 7.05 Å². The third-order valence-corrected chi connectivity index (χ3v) is 1.04. The predicted molar refractivity (Wildman–Crippen MR) is 37.3 cm³/mol. The maximum absolute atomic E-state index is 10.2. The van der Waals surface area contributed by atoms with E-state index in [0.29, 0.717) is 0 Å². The molecule has 0 aliphatic rings. The second-order valence-electron chi connectivity index (χ2n) is 1.69. The summed E-state index contributed by atoms with van der Waals surface area (Å²) in [6.45, 7) is 0. The van der Waals surface area contributed by atoms with Crippen LogP contribution in [0, 0.1) is 0 Å². The van der Waals surface area contributed by atoms with Crippen molar-refractivity contribution in [3.63, 3.8) is 0 Å². The van der Waals surface area contributed by atoms with Gasteiger partial charge in [0.1, 0.15) is 5.69 Å². The third-order valence-electron chi connectivity index (χ3n) is 1.04. The van der Waals surface area contributed by atoms with E-state index in [0.717, 1.165) is 0 Å². The summed E-state index contributed by atoms with van der Waals surface area (Å²) in [6, 6.07) is 0. The SMILES string of the molecule is Cn1cncc1C(=O)O.[LiH]. The number of hydrogen-bond acceptors (Lipinski definition) is 2. The van der Waals surface area contributed by atoms with Gasteiger partial charge in [0.2, 0.25) is 0 Å². The van der Waals surface area contributed by atoms with Crippen LogP contribution in [-0.2, 0) is 7.05 Å². The molecular weight excluding hydrogens is 127 g/mol. The zero-order chi connectivity index (χ0) is 6.85. The molecule has 0 radical (unpaired) electrons. The number of carboxylic acid groups (broad SMARTS) is 1. The Kier molecular flexibility index (Phi) is 3.20. The summed E-state index contributed by atoms with van der Waals surface area (Å²) in [6.07, 6.45) is 2.76. The van der Waals surface area contributed by atoms with Gasteiger partial charge < -0.3 is 9.67 Å². The van der Waals surface area contributed by atoms with Crippen LogP contribution in [0.4, 0.5) is 0 Å². The first kappa shape index (κ1) is 9.28. The first-order valence-corrected chi connectivity index (χ1v) is 2.41. The Morgan fingerprint density at radius 3 is 2.60 bits per heavy atom. The van der Waals surface area contributed by atoms with Gasteiger partial charge in [0.25, 0.3) is 0 Å². The molecule has 1 heterocycles. The van der Waals surface area contributed by atoms with Gasteiger partial charge in [-0.3, -0.25) is 0 Å². The normalized spacial score (nSPS) is 8.50. The van der Waals surface area contributed by atoms with Crippen LogP contribution in [0.5, 0.6) is 0 Å². The summed E-state index contributed by atoms with van der Waals surface area (Å²) in [7, 11) is 1.64. The number of imidazole rings is 1. The molecule has 0 spiro atoms. The van der Waals surface area contributed by atoms with E-state index in [9.17, 15) is 4.79 Å². The molecular formula is C5H7LiN2O2. The molecule has 0 aliphatic carbocycles. The molecule has 0 saturated carbocycles. The van der Waals surface area contributed by atoms with Crippen LogP contribution in [0.25, 0.3) is 0 Å². The van der Waals surface area contributed by atoms with Gasteiger partial charge in [-0.2, -0.15) is 0 Å². The molecule has 0 amide bonds. The fourth-order valence-electron chi connectivity index (χ4n) is 0.563. The van der Waals surface area contributed by atoms with Gasteiger partial charge in [0.05, 0.1) is 12.5 Å². The molecule has 0 aromatic carbocycles. The number of carboxylic acids is 1. The number of nitrogens with zero attached hydrogens (tertiary/aromatic N) is 2. The summed E-state index contributed by atoms with van der Waals surface area (Å²) in [5.41, 5.74) is 0.204. The molecule has 0 fully saturated rings. The van der Waals surface area contributed by atoms with Gasteiger partial charge in [-0.05, 0) is 0 Å². The van der Waals surface area contributed by atoms with Gasteiger partial charge in [-0.1, -0.05) is 0 Å². The number of rotatable bonds is 1. The van der Waals surface area contributed by atoms with Crippen LogP contribution in [0.1, 0.15) is 10.5 Å². The molecule has 50 valence electrons. The first-order chi connectivity index (χ1) is 4.22. The Morgan fingerprint density at radius 2 is 2.40 bits per heavy atom. The summed E-state index contributed by atoms with van der Waals surface area (Å²) >= 11 is 0. The minimum atomic E-state index is -0.949. The van der Waals surface area contributed by atoms with Crippen molar-refractivity contribution in [1.29, 1.82) is 0 Å². The average molecular weight is 134 g/mol. The molecule has 10 heavy (non-hydrogen) atoms. The van der Waals surface area contributed by atoms with Crippen LogP contribution in [0.15, 0.2) is 12.5 Å². The van der Waals surface area contributed by atoms with E-state index >= 15 is 0 Å². The Hall–Kier alpha value is -0.723. The molecule has 5 heteroatoms. The van der Waals surface area contributed by atoms with Crippen LogP contribution >= 0.6 is 0 Å². The Bertz CT molecular complexity index is 233. The monoisotopic (exact) mass is 134 g/mol. The standard InChI is InChI=1S/C5H6N2O2.Li.H/c1-7-3-6-2-4(7)5(8)9;;/h2-3H,1H3,(H,8,9);;. The Labute approximate surface area is 70.1 Å². The van der Waals surface area contributed by atoms with Gasteiger partial charge in [-0.25, -0.2) is 9.78 Å². The van der Waals surface area contributed by atoms with E-state index < -0.39 is 5.97 Å². The van der Waals surface area contributed by atoms with Crippen LogP contribution in [-0.4, -0.2) is 39.5 Å². The van der Waals surface area contributed by atoms with Crippen LogP contribution < -0.4 is 0 Å². The van der Waals surface area contributed by atoms with Crippen molar-refractivity contribution in [3.8, 4) is 0 Å². The summed E-state index contributed by atoms with van der Waals surface area (Å²) in [5.74, 6) is -0.949. The van der Waals surface area contributed by atoms with Crippen LogP contribution in [0.2, 0.25) is 0 Å². The molecule has 1 rings (SSSR count). The van der Waals surface area contributed by atoms with E-state index in [1.165, 1.54) is 17.1 Å². The summed E-state index contributed by atoms with van der Waals surface area (Å²) in [4.78, 5) is 13.8. The fraction of sp³-hybridized carbons (Fsp3) is 0.200. The molecule has 1 aromatic rings. The molecule has 0 unspecified atom stereocenters. The topological polar surface area (TPSA) is 55.1 Å². The van der Waals surface area contributed by atoms with Crippen LogP contribution in [0.3, 0.4) is 0 Å². The van der Waals surface area contributed by atoms with Crippen molar-refractivity contribution >= 4 is 24.8 Å². The first-order valence-electron chi connectivity index (χ1n) is 2.41. The molecule has 0 saturated heterocycles. The van der Waals surface area contributed by atoms with Gasteiger partial charge in [0, 0.05) is 7.05 Å². The van der Waals surface area contributed by atoms with Crippen molar-refractivity contribution < 1.29 is 9.90 Å². The number of aryl methyl sites for hydroxylation is 1. The third kappa shape index (κ3) is 1.63. The number of hydrogen-bond donors (Lipinski definition) is 1. The zero-order valence-corrected chi connectivity index (χ0v) is 4.90. The van der Waals surface area contributed by atoms with Crippen molar-refractivity contribution in [2.45, 2.75) is 0 Å². The van der Waals surface area contributed by atoms with E-state index in [4.69, 9.17) is 5.11 Å². The molecule has 0 aliphatic heterocycles. The van der Waals surface area contributed by atoms with E-state index in [1.807, 2.05) is 0 Å². The second-order valence-corrected chi connectivity index (χ2v) is 1.69. The van der Waals surface area contributed by atoms with Gasteiger partial charge in [-0.15, -0.1) is 0 Å². The predicted octanol–water partition coefficient (Wildman–Crippen LogP) is -0.530. The van der Waals surface area contributed by atoms with Crippen molar-refractivity contribution in [3.05, 3.63) is 18.2 Å². The van der Waals surface area contributed by atoms with E-state index in [1.54, 1.807) is 7.05 Å². The number of aromatic carboxylic acids is 1. The van der Waals surface area contributed by atoms with Crippen molar-refractivity contribution in [2.75, 3.05) is 0 Å². The Morgan fingerprint density at radius 1 is 1.80 bits per heavy atom. The molecule has 1 N–H and O–H groups in total. The molecule has 0 atom stereocenters.